The second-order valence-electron chi connectivity index (χ2n) is 2.67. The van der Waals surface area contributed by atoms with Crippen molar-refractivity contribution in [3.63, 3.8) is 0 Å². The summed E-state index contributed by atoms with van der Waals surface area (Å²) >= 11 is 1.27. The molecule has 1 heterocycles. The van der Waals surface area contributed by atoms with Gasteiger partial charge in [0.15, 0.2) is 0 Å². The Labute approximate surface area is 84.0 Å². The summed E-state index contributed by atoms with van der Waals surface area (Å²) in [5, 5.41) is 14.4. The molecule has 0 bridgehead atoms. The molecule has 0 aliphatic rings. The minimum Gasteiger partial charge on any atom is -0.478 e. The Morgan fingerprint density at radius 2 is 2.00 bits per heavy atom. The summed E-state index contributed by atoms with van der Waals surface area (Å²) in [6.45, 7) is 0. The number of rotatable bonds is 2. The molecule has 1 aromatic carbocycles. The predicted octanol–water partition coefficient (Wildman–Crippen LogP) is 1.90. The van der Waals surface area contributed by atoms with Crippen molar-refractivity contribution in [1.29, 1.82) is 0 Å². The summed E-state index contributed by atoms with van der Waals surface area (Å²) in [6, 6.07) is 6.55. The number of aromatic carboxylic acids is 1. The number of carboxylic acid groups (broad SMARTS) is 1. The lowest BCUT2D eigenvalue weighted by Crippen LogP contribution is -1.94. The van der Waals surface area contributed by atoms with Crippen LogP contribution in [-0.2, 0) is 0 Å². The van der Waals surface area contributed by atoms with Crippen LogP contribution in [0.5, 0.6) is 0 Å². The van der Waals surface area contributed by atoms with E-state index in [2.05, 4.69) is 9.59 Å². The lowest BCUT2D eigenvalue weighted by atomic mass is 10.1. The quantitative estimate of drug-likeness (QED) is 0.815. The van der Waals surface area contributed by atoms with Crippen molar-refractivity contribution in [3.05, 3.63) is 35.2 Å². The second-order valence-corrected chi connectivity index (χ2v) is 3.28. The van der Waals surface area contributed by atoms with Crippen LogP contribution >= 0.6 is 11.5 Å². The van der Waals surface area contributed by atoms with E-state index in [9.17, 15) is 4.79 Å². The highest BCUT2D eigenvalue weighted by atomic mass is 32.1. The van der Waals surface area contributed by atoms with Crippen molar-refractivity contribution < 1.29 is 9.90 Å². The molecular formula is C9H6N2O2S. The maximum Gasteiger partial charge on any atom is 0.335 e. The van der Waals surface area contributed by atoms with E-state index in [-0.39, 0.29) is 5.56 Å². The van der Waals surface area contributed by atoms with Crippen molar-refractivity contribution in [1.82, 2.24) is 9.59 Å². The van der Waals surface area contributed by atoms with E-state index >= 15 is 0 Å². The van der Waals surface area contributed by atoms with Crippen molar-refractivity contribution in [2.45, 2.75) is 0 Å². The molecule has 0 aliphatic carbocycles. The number of aromatic nitrogens is 2. The van der Waals surface area contributed by atoms with E-state index in [0.29, 0.717) is 0 Å². The maximum absolute atomic E-state index is 10.6. The Bertz CT molecular complexity index is 436. The fourth-order valence-corrected chi connectivity index (χ4v) is 1.54. The van der Waals surface area contributed by atoms with Crippen LogP contribution in [0.25, 0.3) is 11.3 Å². The van der Waals surface area contributed by atoms with Crippen LogP contribution in [-0.4, -0.2) is 20.7 Å². The monoisotopic (exact) mass is 206 g/mol. The SMILES string of the molecule is O=C(O)c1ccc(-c2csnn2)cc1. The summed E-state index contributed by atoms with van der Waals surface area (Å²) in [5.74, 6) is -0.923. The third-order valence-corrected chi connectivity index (χ3v) is 2.29. The molecule has 0 saturated carbocycles. The number of hydrogen-bond acceptors (Lipinski definition) is 4. The zero-order chi connectivity index (χ0) is 9.97. The Morgan fingerprint density at radius 1 is 1.29 bits per heavy atom. The largest absolute Gasteiger partial charge is 0.478 e. The van der Waals surface area contributed by atoms with Gasteiger partial charge in [0.1, 0.15) is 5.69 Å². The Hall–Kier alpha value is -1.75. The molecular weight excluding hydrogens is 200 g/mol. The maximum atomic E-state index is 10.6. The van der Waals surface area contributed by atoms with Gasteiger partial charge in [0, 0.05) is 10.9 Å². The van der Waals surface area contributed by atoms with Crippen LogP contribution in [0.3, 0.4) is 0 Å². The molecule has 14 heavy (non-hydrogen) atoms. The fraction of sp³-hybridized carbons (Fsp3) is 0. The number of benzene rings is 1. The average molecular weight is 206 g/mol. The highest BCUT2D eigenvalue weighted by Crippen LogP contribution is 2.17. The molecule has 4 nitrogen and oxygen atoms in total. The van der Waals surface area contributed by atoms with E-state index in [1.165, 1.54) is 11.5 Å². The van der Waals surface area contributed by atoms with Gasteiger partial charge in [-0.3, -0.25) is 0 Å². The second kappa shape index (κ2) is 3.55. The van der Waals surface area contributed by atoms with Gasteiger partial charge in [-0.1, -0.05) is 16.6 Å². The van der Waals surface area contributed by atoms with E-state index in [0.717, 1.165) is 11.3 Å². The first-order valence-electron chi connectivity index (χ1n) is 3.88. The summed E-state index contributed by atoms with van der Waals surface area (Å²) < 4.78 is 3.73. The Kier molecular flexibility index (Phi) is 2.24. The molecule has 0 radical (unpaired) electrons. The Balaban J connectivity index is 2.36. The normalized spacial score (nSPS) is 10.0. The van der Waals surface area contributed by atoms with Gasteiger partial charge in [0.25, 0.3) is 0 Å². The molecule has 0 fully saturated rings. The summed E-state index contributed by atoms with van der Waals surface area (Å²) in [6.07, 6.45) is 0. The number of nitrogens with zero attached hydrogens (tertiary/aromatic N) is 2. The highest BCUT2D eigenvalue weighted by molar-refractivity contribution is 7.03. The van der Waals surface area contributed by atoms with Gasteiger partial charge >= 0.3 is 5.97 Å². The first-order chi connectivity index (χ1) is 6.77. The number of carbonyl (C=O) groups is 1. The molecule has 2 aromatic rings. The van der Waals surface area contributed by atoms with Crippen LogP contribution < -0.4 is 0 Å². The van der Waals surface area contributed by atoms with Gasteiger partial charge in [-0.25, -0.2) is 4.79 Å². The standard InChI is InChI=1S/C9H6N2O2S/c12-9(13)7-3-1-6(2-4-7)8-5-14-11-10-8/h1-5H,(H,12,13). The van der Waals surface area contributed by atoms with Crippen LogP contribution in [0, 0.1) is 0 Å². The molecule has 1 aromatic heterocycles. The number of carboxylic acids is 1. The van der Waals surface area contributed by atoms with Crippen molar-refractivity contribution in [2.24, 2.45) is 0 Å². The first-order valence-corrected chi connectivity index (χ1v) is 4.72. The third kappa shape index (κ3) is 1.62. The van der Waals surface area contributed by atoms with Gasteiger partial charge in [0.2, 0.25) is 0 Å². The van der Waals surface area contributed by atoms with Crippen LogP contribution in [0.4, 0.5) is 0 Å². The van der Waals surface area contributed by atoms with Gasteiger partial charge in [-0.2, -0.15) is 0 Å². The van der Waals surface area contributed by atoms with Crippen LogP contribution in [0.15, 0.2) is 29.6 Å². The zero-order valence-electron chi connectivity index (χ0n) is 7.04. The average Bonchev–Trinajstić information content (AvgIpc) is 2.71. The van der Waals surface area contributed by atoms with Gasteiger partial charge in [-0.15, -0.1) is 5.10 Å². The van der Waals surface area contributed by atoms with Crippen molar-refractivity contribution >= 4 is 17.5 Å². The van der Waals surface area contributed by atoms with Crippen molar-refractivity contribution in [2.75, 3.05) is 0 Å². The first kappa shape index (κ1) is 8.83. The van der Waals surface area contributed by atoms with E-state index < -0.39 is 5.97 Å². The van der Waals surface area contributed by atoms with Crippen LogP contribution in [0.1, 0.15) is 10.4 Å². The molecule has 0 atom stereocenters. The predicted molar refractivity (Wildman–Crippen MR) is 52.3 cm³/mol. The third-order valence-electron chi connectivity index (χ3n) is 1.79. The summed E-state index contributed by atoms with van der Waals surface area (Å²) in [5.41, 5.74) is 1.92. The molecule has 2 rings (SSSR count). The number of hydrogen-bond donors (Lipinski definition) is 1. The minimum absolute atomic E-state index is 0.275. The molecule has 0 spiro atoms. The topological polar surface area (TPSA) is 63.1 Å². The van der Waals surface area contributed by atoms with E-state index in [1.807, 2.05) is 5.38 Å². The molecule has 0 aliphatic heterocycles. The highest BCUT2D eigenvalue weighted by Gasteiger charge is 2.04. The molecule has 70 valence electrons. The van der Waals surface area contributed by atoms with Gasteiger partial charge in [0.05, 0.1) is 5.56 Å². The smallest absolute Gasteiger partial charge is 0.335 e. The molecule has 0 saturated heterocycles. The van der Waals surface area contributed by atoms with Crippen LogP contribution in [0.2, 0.25) is 0 Å². The van der Waals surface area contributed by atoms with E-state index in [1.54, 1.807) is 24.3 Å². The summed E-state index contributed by atoms with van der Waals surface area (Å²) in [7, 11) is 0. The zero-order valence-corrected chi connectivity index (χ0v) is 7.86. The van der Waals surface area contributed by atoms with Gasteiger partial charge in [-0.05, 0) is 23.7 Å². The molecule has 0 unspecified atom stereocenters. The lowest BCUT2D eigenvalue weighted by molar-refractivity contribution is 0.0697. The summed E-state index contributed by atoms with van der Waals surface area (Å²) in [4.78, 5) is 10.6. The molecule has 0 amide bonds. The molecule has 5 heteroatoms. The molecule has 1 N–H and O–H groups in total. The fourth-order valence-electron chi connectivity index (χ4n) is 1.07. The van der Waals surface area contributed by atoms with Gasteiger partial charge < -0.3 is 5.11 Å². The lowest BCUT2D eigenvalue weighted by Gasteiger charge is -1.96. The van der Waals surface area contributed by atoms with Crippen molar-refractivity contribution in [3.8, 4) is 11.3 Å². The minimum atomic E-state index is -0.923. The Morgan fingerprint density at radius 3 is 2.50 bits per heavy atom. The van der Waals surface area contributed by atoms with E-state index in [4.69, 9.17) is 5.11 Å².